The highest BCUT2D eigenvalue weighted by molar-refractivity contribution is 6.12. The van der Waals surface area contributed by atoms with Crippen LogP contribution in [0.25, 0.3) is 49.4 Å². The lowest BCUT2D eigenvalue weighted by atomic mass is 9.86. The number of hydrogen-bond acceptors (Lipinski definition) is 2. The van der Waals surface area contributed by atoms with Crippen molar-refractivity contribution in [3.05, 3.63) is 145 Å². The van der Waals surface area contributed by atoms with Crippen LogP contribution in [0.1, 0.15) is 26.3 Å². The first-order chi connectivity index (χ1) is 21.0. The van der Waals surface area contributed by atoms with Gasteiger partial charge in [-0.15, -0.1) is 0 Å². The summed E-state index contributed by atoms with van der Waals surface area (Å²) in [4.78, 5) is 2.34. The lowest BCUT2D eigenvalue weighted by Crippen LogP contribution is -2.13. The van der Waals surface area contributed by atoms with Crippen LogP contribution in [0.3, 0.4) is 0 Å². The van der Waals surface area contributed by atoms with Gasteiger partial charge in [-0.2, -0.15) is 0 Å². The maximum Gasteiger partial charge on any atom is 0.159 e. The molecule has 0 bridgehead atoms. The summed E-state index contributed by atoms with van der Waals surface area (Å²) in [5.41, 5.74) is 9.79. The Balaban J connectivity index is 1.44. The molecule has 8 aromatic rings. The predicted octanol–water partition coefficient (Wildman–Crippen LogP) is 11.5. The zero-order valence-corrected chi connectivity index (χ0v) is 24.6. The minimum absolute atomic E-state index is 0.0602. The molecule has 0 fully saturated rings. The van der Waals surface area contributed by atoms with Crippen molar-refractivity contribution in [3.8, 4) is 5.69 Å². The molecule has 208 valence electrons. The Kier molecular flexibility index (Phi) is 5.70. The van der Waals surface area contributed by atoms with Crippen molar-refractivity contribution in [1.82, 2.24) is 4.57 Å². The smallest absolute Gasteiger partial charge is 0.159 e. The molecule has 0 unspecified atom stereocenters. The molecular formula is C40H32N2O. The molecule has 0 radical (unpaired) electrons. The van der Waals surface area contributed by atoms with E-state index in [9.17, 15) is 0 Å². The second kappa shape index (κ2) is 9.64. The number of fused-ring (bicyclic) bond motifs is 6. The number of nitrogens with zero attached hydrogens (tertiary/aromatic N) is 2. The van der Waals surface area contributed by atoms with Crippen molar-refractivity contribution in [2.24, 2.45) is 0 Å². The zero-order valence-electron chi connectivity index (χ0n) is 24.6. The number of hydrogen-bond donors (Lipinski definition) is 0. The largest absolute Gasteiger partial charge is 0.454 e. The van der Waals surface area contributed by atoms with Gasteiger partial charge in [-0.3, -0.25) is 0 Å². The van der Waals surface area contributed by atoms with Crippen LogP contribution < -0.4 is 4.90 Å². The maximum absolute atomic E-state index is 6.58. The van der Waals surface area contributed by atoms with Crippen LogP contribution >= 0.6 is 0 Å². The molecule has 8 rings (SSSR count). The first kappa shape index (κ1) is 25.4. The molecule has 0 aliphatic carbocycles. The molecule has 3 heteroatoms. The third-order valence-electron chi connectivity index (χ3n) is 8.54. The molecule has 0 aliphatic rings. The van der Waals surface area contributed by atoms with Crippen molar-refractivity contribution in [1.29, 1.82) is 0 Å². The summed E-state index contributed by atoms with van der Waals surface area (Å²) < 4.78 is 8.99. The maximum atomic E-state index is 6.58. The van der Waals surface area contributed by atoms with Gasteiger partial charge < -0.3 is 13.9 Å². The van der Waals surface area contributed by atoms with Gasteiger partial charge in [0.25, 0.3) is 0 Å². The molecule has 43 heavy (non-hydrogen) atoms. The molecule has 0 amide bonds. The number of furan rings is 1. The zero-order chi connectivity index (χ0) is 29.1. The quantitative estimate of drug-likeness (QED) is 0.215. The number of benzene rings is 6. The van der Waals surface area contributed by atoms with Gasteiger partial charge in [-0.1, -0.05) is 106 Å². The lowest BCUT2D eigenvalue weighted by molar-refractivity contribution is 0.591. The van der Waals surface area contributed by atoms with Gasteiger partial charge in [0, 0.05) is 27.2 Å². The Bertz CT molecular complexity index is 2280. The molecule has 2 aromatic heterocycles. The van der Waals surface area contributed by atoms with Crippen LogP contribution in [0.4, 0.5) is 17.1 Å². The Morgan fingerprint density at radius 3 is 2.02 bits per heavy atom. The summed E-state index contributed by atoms with van der Waals surface area (Å²) in [6.45, 7) is 6.83. The van der Waals surface area contributed by atoms with Crippen LogP contribution in [0, 0.1) is 0 Å². The summed E-state index contributed by atoms with van der Waals surface area (Å²) in [5, 5.41) is 4.75. The third-order valence-corrected chi connectivity index (χ3v) is 8.54. The van der Waals surface area contributed by atoms with E-state index in [0.29, 0.717) is 0 Å². The van der Waals surface area contributed by atoms with Gasteiger partial charge in [-0.25, -0.2) is 0 Å². The summed E-state index contributed by atoms with van der Waals surface area (Å²) in [6, 6.07) is 49.7. The first-order valence-corrected chi connectivity index (χ1v) is 14.9. The molecule has 6 aromatic carbocycles. The molecule has 0 aliphatic heterocycles. The van der Waals surface area contributed by atoms with Gasteiger partial charge in [0.1, 0.15) is 5.58 Å². The van der Waals surface area contributed by atoms with Crippen molar-refractivity contribution in [2.75, 3.05) is 4.90 Å². The van der Waals surface area contributed by atoms with Gasteiger partial charge in [-0.05, 0) is 65.6 Å². The summed E-state index contributed by atoms with van der Waals surface area (Å²) in [6.07, 6.45) is 0. The van der Waals surface area contributed by atoms with Crippen LogP contribution in [0.2, 0.25) is 0 Å². The fourth-order valence-corrected chi connectivity index (χ4v) is 6.43. The minimum Gasteiger partial charge on any atom is -0.454 e. The molecule has 0 saturated heterocycles. The molecule has 3 nitrogen and oxygen atoms in total. The standard InChI is InChI=1S/C40H32N2O/c1-40(2,3)27-24-25-34-32(26-27)29-16-7-9-19-33(29)42(34)36-21-11-10-20-35(36)41(28-14-5-4-6-15-28)37-22-13-18-31-30-17-8-12-23-38(30)43-39(31)37/h4-26H,1-3H3. The number of rotatable bonds is 4. The number of anilines is 3. The van der Waals surface area contributed by atoms with Crippen molar-refractivity contribution < 1.29 is 4.42 Å². The number of aromatic nitrogens is 1. The fraction of sp³-hybridized carbons (Fsp3) is 0.100. The van der Waals surface area contributed by atoms with Crippen LogP contribution in [0.5, 0.6) is 0 Å². The topological polar surface area (TPSA) is 21.3 Å². The van der Waals surface area contributed by atoms with Gasteiger partial charge in [0.05, 0.1) is 28.1 Å². The van der Waals surface area contributed by atoms with Gasteiger partial charge in [0.2, 0.25) is 0 Å². The van der Waals surface area contributed by atoms with Crippen LogP contribution in [0.15, 0.2) is 144 Å². The second-order valence-corrected chi connectivity index (χ2v) is 12.2. The van der Waals surface area contributed by atoms with Crippen LogP contribution in [-0.4, -0.2) is 4.57 Å². The van der Waals surface area contributed by atoms with Crippen molar-refractivity contribution in [3.63, 3.8) is 0 Å². The van der Waals surface area contributed by atoms with Crippen molar-refractivity contribution in [2.45, 2.75) is 26.2 Å². The van der Waals surface area contributed by atoms with E-state index in [2.05, 4.69) is 158 Å². The average Bonchev–Trinajstić information content (AvgIpc) is 3.58. The molecule has 2 heterocycles. The molecule has 0 atom stereocenters. The highest BCUT2D eigenvalue weighted by Crippen LogP contribution is 2.45. The van der Waals surface area contributed by atoms with E-state index >= 15 is 0 Å². The Morgan fingerprint density at radius 1 is 0.535 bits per heavy atom. The Morgan fingerprint density at radius 2 is 1.19 bits per heavy atom. The summed E-state index contributed by atoms with van der Waals surface area (Å²) in [7, 11) is 0. The number of para-hydroxylation sites is 6. The summed E-state index contributed by atoms with van der Waals surface area (Å²) in [5.74, 6) is 0. The van der Waals surface area contributed by atoms with Gasteiger partial charge in [0.15, 0.2) is 5.58 Å². The van der Waals surface area contributed by atoms with E-state index in [4.69, 9.17) is 4.42 Å². The van der Waals surface area contributed by atoms with Crippen molar-refractivity contribution >= 4 is 60.8 Å². The Labute approximate surface area is 251 Å². The van der Waals surface area contributed by atoms with E-state index < -0.39 is 0 Å². The fourth-order valence-electron chi connectivity index (χ4n) is 6.43. The van der Waals surface area contributed by atoms with E-state index in [-0.39, 0.29) is 5.41 Å². The van der Waals surface area contributed by atoms with E-state index in [1.165, 1.54) is 27.4 Å². The minimum atomic E-state index is 0.0602. The Hall–Kier alpha value is -5.28. The summed E-state index contributed by atoms with van der Waals surface area (Å²) >= 11 is 0. The molecule has 0 saturated carbocycles. The SMILES string of the molecule is CC(C)(C)c1ccc2c(c1)c1ccccc1n2-c1ccccc1N(c1ccccc1)c1cccc2c1oc1ccccc12. The third kappa shape index (κ3) is 4.04. The average molecular weight is 557 g/mol. The highest BCUT2D eigenvalue weighted by Gasteiger charge is 2.24. The molecule has 0 spiro atoms. The predicted molar refractivity (Wildman–Crippen MR) is 181 cm³/mol. The van der Waals surface area contributed by atoms with E-state index in [0.717, 1.165) is 44.7 Å². The first-order valence-electron chi connectivity index (χ1n) is 14.9. The second-order valence-electron chi connectivity index (χ2n) is 12.2. The molecular weight excluding hydrogens is 524 g/mol. The normalized spacial score (nSPS) is 12.1. The molecule has 0 N–H and O–H groups in total. The monoisotopic (exact) mass is 556 g/mol. The van der Waals surface area contributed by atoms with E-state index in [1.807, 2.05) is 12.1 Å². The lowest BCUT2D eigenvalue weighted by Gasteiger charge is -2.28. The van der Waals surface area contributed by atoms with Crippen LogP contribution in [-0.2, 0) is 5.41 Å². The van der Waals surface area contributed by atoms with E-state index in [1.54, 1.807) is 0 Å². The van der Waals surface area contributed by atoms with Gasteiger partial charge >= 0.3 is 0 Å². The highest BCUT2D eigenvalue weighted by atomic mass is 16.3.